The number of allylic oxidation sites excluding steroid dienone is 3. The number of nitrogens with one attached hydrogen (secondary N) is 1. The van der Waals surface area contributed by atoms with Crippen molar-refractivity contribution in [2.75, 3.05) is 17.3 Å². The first kappa shape index (κ1) is 49.1. The summed E-state index contributed by atoms with van der Waals surface area (Å²) in [6.45, 7) is 3.76. The van der Waals surface area contributed by atoms with Gasteiger partial charge in [0.1, 0.15) is 5.82 Å². The van der Waals surface area contributed by atoms with Crippen LogP contribution in [-0.4, -0.2) is 18.7 Å². The van der Waals surface area contributed by atoms with Crippen LogP contribution in [0.4, 0.5) is 22.9 Å². The maximum atomic E-state index is 4.99. The Hall–Kier alpha value is -10.2. The summed E-state index contributed by atoms with van der Waals surface area (Å²) >= 11 is 0. The third-order valence-electron chi connectivity index (χ3n) is 13.8. The topological polar surface area (TPSA) is 40.5 Å². The Balaban J connectivity index is 0.000000724. The van der Waals surface area contributed by atoms with Gasteiger partial charge in [-0.3, -0.25) is 9.89 Å². The van der Waals surface area contributed by atoms with Crippen LogP contribution >= 0.6 is 0 Å². The van der Waals surface area contributed by atoms with Crippen LogP contribution in [0.15, 0.2) is 290 Å². The van der Waals surface area contributed by atoms with E-state index in [1.54, 1.807) is 6.20 Å². The summed E-state index contributed by atoms with van der Waals surface area (Å²) in [6.07, 6.45) is 16.6. The van der Waals surface area contributed by atoms with Crippen LogP contribution in [0.1, 0.15) is 22.3 Å². The molecule has 0 bridgehead atoms. The smallest absolute Gasteiger partial charge is 0.137 e. The van der Waals surface area contributed by atoms with Crippen LogP contribution in [-0.2, 0) is 0 Å². The van der Waals surface area contributed by atoms with Gasteiger partial charge in [0, 0.05) is 36.5 Å². The van der Waals surface area contributed by atoms with E-state index in [1.807, 2.05) is 73.9 Å². The highest BCUT2D eigenvalue weighted by molar-refractivity contribution is 6.23. The molecule has 12 aromatic rings. The minimum absolute atomic E-state index is 0.852. The molecule has 0 unspecified atom stereocenters. The molecule has 0 amide bonds. The van der Waals surface area contributed by atoms with Crippen molar-refractivity contribution < 1.29 is 0 Å². The summed E-state index contributed by atoms with van der Waals surface area (Å²) in [5, 5.41) is 12.6. The van der Waals surface area contributed by atoms with Gasteiger partial charge >= 0.3 is 0 Å². The second-order valence-corrected chi connectivity index (χ2v) is 18.8. The van der Waals surface area contributed by atoms with Gasteiger partial charge in [-0.1, -0.05) is 218 Å². The van der Waals surface area contributed by atoms with Gasteiger partial charge in [0.15, 0.2) is 0 Å². The Bertz CT molecular complexity index is 4080. The lowest BCUT2D eigenvalue weighted by Crippen LogP contribution is -2.11. The van der Waals surface area contributed by atoms with E-state index < -0.39 is 0 Å². The monoisotopic (exact) mass is 988 g/mol. The fraction of sp³-hybridized carbons (Fsp3) is 0.0137. The van der Waals surface area contributed by atoms with Crippen molar-refractivity contribution in [2.45, 2.75) is 0 Å². The van der Waals surface area contributed by atoms with E-state index in [4.69, 9.17) is 4.98 Å². The molecule has 0 saturated heterocycles. The largest absolute Gasteiger partial charge is 0.388 e. The Labute approximate surface area is 451 Å². The minimum Gasteiger partial charge on any atom is -0.388 e. The Kier molecular flexibility index (Phi) is 14.9. The van der Waals surface area contributed by atoms with E-state index >= 15 is 0 Å². The van der Waals surface area contributed by atoms with E-state index in [9.17, 15) is 0 Å². The highest BCUT2D eigenvalue weighted by Crippen LogP contribution is 2.46. The van der Waals surface area contributed by atoms with E-state index in [2.05, 4.69) is 253 Å². The van der Waals surface area contributed by atoms with Crippen molar-refractivity contribution in [1.29, 1.82) is 0 Å². The molecule has 1 aromatic heterocycles. The predicted molar refractivity (Wildman–Crippen MR) is 333 cm³/mol. The molecular weight excluding hydrogens is 933 g/mol. The van der Waals surface area contributed by atoms with Crippen molar-refractivity contribution in [3.63, 3.8) is 0 Å². The molecule has 77 heavy (non-hydrogen) atoms. The van der Waals surface area contributed by atoms with Crippen LogP contribution < -0.4 is 10.2 Å². The van der Waals surface area contributed by atoms with Crippen LogP contribution in [0.25, 0.3) is 89.6 Å². The van der Waals surface area contributed by atoms with E-state index in [-0.39, 0.29) is 0 Å². The maximum absolute atomic E-state index is 4.99. The lowest BCUT2D eigenvalue weighted by Gasteiger charge is -2.24. The standard InChI is InChI=1S/C66H47N3.C7H9N/c1-67-45-50(28-25-47-15-5-2-6-16-47)29-26-48-31-38-60-62(41-48)63-42-49(27-30-51-33-40-64(68-46-51)69(58-21-7-3-8-22-58)59-23-9-4-10-24-59)32-39-61(63)66(57-37-35-53-18-12-14-20-55(53)44-57)65(60)56-36-34-52-17-11-13-19-54(52)43-56;1-8-7-5-3-2-4-6-7/h2-46H,1H2;2-6,8H,1H3/b28-25-,29-26+,30-27+,50-45+;. The highest BCUT2D eigenvalue weighted by atomic mass is 15.2. The molecule has 4 heteroatoms. The molecule has 1 heterocycles. The molecule has 0 aliphatic heterocycles. The van der Waals surface area contributed by atoms with E-state index in [0.29, 0.717) is 0 Å². The zero-order chi connectivity index (χ0) is 52.2. The third-order valence-corrected chi connectivity index (χ3v) is 13.8. The molecule has 0 aliphatic carbocycles. The first-order chi connectivity index (χ1) is 38.1. The summed E-state index contributed by atoms with van der Waals surface area (Å²) in [7, 11) is 1.91. The fourth-order valence-electron chi connectivity index (χ4n) is 9.96. The number of benzene rings is 11. The lowest BCUT2D eigenvalue weighted by molar-refractivity contribution is 1.18. The summed E-state index contributed by atoms with van der Waals surface area (Å²) in [5.74, 6) is 0.852. The SMILES string of the molecule is C=N/C=C(\C=C/c1ccccc1)/C=C/c1ccc2c(-c3ccc4ccccc4c3)c(-c3ccc4ccccc4c3)c3ccc(/C=C/c4ccc(N(c5ccccc5)c5ccccc5)nc4)cc3c2c1.CNc1ccccc1. The number of hydrogen-bond donors (Lipinski definition) is 1. The van der Waals surface area contributed by atoms with Gasteiger partial charge in [-0.2, -0.15) is 0 Å². The number of aromatic nitrogens is 1. The lowest BCUT2D eigenvalue weighted by atomic mass is 9.83. The molecule has 0 atom stereocenters. The average molecular weight is 989 g/mol. The van der Waals surface area contributed by atoms with Crippen LogP contribution in [0, 0.1) is 0 Å². The Morgan fingerprint density at radius 3 is 1.36 bits per heavy atom. The molecule has 0 saturated carbocycles. The minimum atomic E-state index is 0.852. The summed E-state index contributed by atoms with van der Waals surface area (Å²) in [4.78, 5) is 11.3. The first-order valence-electron chi connectivity index (χ1n) is 25.9. The van der Waals surface area contributed by atoms with Crippen molar-refractivity contribution in [1.82, 2.24) is 4.98 Å². The Morgan fingerprint density at radius 1 is 0.416 bits per heavy atom. The maximum Gasteiger partial charge on any atom is 0.137 e. The zero-order valence-electron chi connectivity index (χ0n) is 42.9. The molecular formula is C73H56N4. The second kappa shape index (κ2) is 23.4. The number of pyridine rings is 1. The first-order valence-corrected chi connectivity index (χ1v) is 25.9. The molecule has 0 radical (unpaired) electrons. The third kappa shape index (κ3) is 11.3. The van der Waals surface area contributed by atoms with E-state index in [0.717, 1.165) is 50.7 Å². The van der Waals surface area contributed by atoms with Gasteiger partial charge in [-0.15, -0.1) is 0 Å². The van der Waals surface area contributed by atoms with Crippen LogP contribution in [0.5, 0.6) is 0 Å². The molecule has 0 spiro atoms. The zero-order valence-corrected chi connectivity index (χ0v) is 42.9. The highest BCUT2D eigenvalue weighted by Gasteiger charge is 2.20. The quantitative estimate of drug-likeness (QED) is 0.0711. The molecule has 11 aromatic carbocycles. The number of rotatable bonds is 13. The van der Waals surface area contributed by atoms with Crippen LogP contribution in [0.2, 0.25) is 0 Å². The number of anilines is 4. The van der Waals surface area contributed by atoms with E-state index in [1.165, 1.54) is 65.3 Å². The predicted octanol–water partition coefficient (Wildman–Crippen LogP) is 19.7. The average Bonchev–Trinajstić information content (AvgIpc) is 3.53. The number of aliphatic imine (C=N–C) groups is 1. The molecule has 1 N–H and O–H groups in total. The van der Waals surface area contributed by atoms with Crippen molar-refractivity contribution in [2.24, 2.45) is 4.99 Å². The summed E-state index contributed by atoms with van der Waals surface area (Å²) < 4.78 is 0. The number of fused-ring (bicyclic) bond motifs is 5. The molecule has 4 nitrogen and oxygen atoms in total. The molecule has 0 aliphatic rings. The van der Waals surface area contributed by atoms with Gasteiger partial charge in [-0.05, 0) is 173 Å². The molecule has 0 fully saturated rings. The molecule has 368 valence electrons. The van der Waals surface area contributed by atoms with Gasteiger partial charge < -0.3 is 5.32 Å². The van der Waals surface area contributed by atoms with Crippen LogP contribution in [0.3, 0.4) is 0 Å². The molecule has 12 rings (SSSR count). The second-order valence-electron chi connectivity index (χ2n) is 18.8. The number of para-hydroxylation sites is 3. The number of hydrogen-bond acceptors (Lipinski definition) is 4. The Morgan fingerprint density at radius 2 is 0.870 bits per heavy atom. The van der Waals surface area contributed by atoms with Gasteiger partial charge in [0.25, 0.3) is 0 Å². The summed E-state index contributed by atoms with van der Waals surface area (Å²) in [5.41, 5.74) is 13.3. The van der Waals surface area contributed by atoms with Crippen molar-refractivity contribution >= 4 is 97.0 Å². The van der Waals surface area contributed by atoms with Crippen molar-refractivity contribution in [3.8, 4) is 22.3 Å². The fourth-order valence-corrected chi connectivity index (χ4v) is 9.96. The van der Waals surface area contributed by atoms with Gasteiger partial charge in [0.2, 0.25) is 0 Å². The van der Waals surface area contributed by atoms with Crippen molar-refractivity contribution in [3.05, 3.63) is 307 Å². The van der Waals surface area contributed by atoms with Gasteiger partial charge in [-0.25, -0.2) is 4.98 Å². The van der Waals surface area contributed by atoms with Gasteiger partial charge in [0.05, 0.1) is 0 Å². The normalized spacial score (nSPS) is 11.7. The number of nitrogens with zero attached hydrogens (tertiary/aromatic N) is 3. The summed E-state index contributed by atoms with van der Waals surface area (Å²) in [6, 6.07) is 90.2.